The quantitative estimate of drug-likeness (QED) is 0.626. The first-order valence-electron chi connectivity index (χ1n) is 4.33. The van der Waals surface area contributed by atoms with Gasteiger partial charge in [-0.05, 0) is 12.1 Å². The summed E-state index contributed by atoms with van der Waals surface area (Å²) in [6, 6.07) is 3.91. The van der Waals surface area contributed by atoms with E-state index in [2.05, 4.69) is 15.1 Å². The van der Waals surface area contributed by atoms with E-state index in [1.165, 1.54) is 6.33 Å². The van der Waals surface area contributed by atoms with Gasteiger partial charge in [0.25, 0.3) is 0 Å². The number of anilines is 1. The third-order valence-corrected chi connectivity index (χ3v) is 2.98. The highest BCUT2D eigenvalue weighted by Gasteiger charge is 2.08. The molecule has 0 aliphatic heterocycles. The molecule has 0 bridgehead atoms. The summed E-state index contributed by atoms with van der Waals surface area (Å²) in [5, 5.41) is 4.04. The Kier molecular flexibility index (Phi) is 1.69. The molecule has 2 aromatic heterocycles. The predicted octanol–water partition coefficient (Wildman–Crippen LogP) is 1.46. The van der Waals surface area contributed by atoms with Crippen LogP contribution >= 0.6 is 11.3 Å². The van der Waals surface area contributed by atoms with Gasteiger partial charge in [0.05, 0.1) is 21.6 Å². The first-order chi connectivity index (χ1) is 7.36. The Bertz CT molecular complexity index is 598. The number of rotatable bonds is 1. The van der Waals surface area contributed by atoms with E-state index in [1.807, 2.05) is 12.1 Å². The highest BCUT2D eigenvalue weighted by Crippen LogP contribution is 2.28. The number of benzene rings is 1. The van der Waals surface area contributed by atoms with Crippen LogP contribution < -0.4 is 5.73 Å². The van der Waals surface area contributed by atoms with E-state index in [0.29, 0.717) is 5.69 Å². The minimum atomic E-state index is 0.638. The SMILES string of the molecule is Nc1c(-n2cncn2)ccc2scnc12. The zero-order chi connectivity index (χ0) is 10.3. The van der Waals surface area contributed by atoms with E-state index >= 15 is 0 Å². The lowest BCUT2D eigenvalue weighted by Gasteiger charge is -2.04. The maximum atomic E-state index is 6.01. The Balaban J connectivity index is 2.32. The van der Waals surface area contributed by atoms with Gasteiger partial charge in [0.15, 0.2) is 0 Å². The topological polar surface area (TPSA) is 69.6 Å². The van der Waals surface area contributed by atoms with Crippen LogP contribution in [0.5, 0.6) is 0 Å². The molecule has 15 heavy (non-hydrogen) atoms. The number of fused-ring (bicyclic) bond motifs is 1. The highest BCUT2D eigenvalue weighted by molar-refractivity contribution is 7.16. The second-order valence-corrected chi connectivity index (χ2v) is 3.92. The molecule has 3 rings (SSSR count). The van der Waals surface area contributed by atoms with Crippen LogP contribution in [0.15, 0.2) is 30.3 Å². The van der Waals surface area contributed by atoms with Crippen molar-refractivity contribution in [1.29, 1.82) is 0 Å². The Morgan fingerprint density at radius 1 is 1.33 bits per heavy atom. The molecule has 0 amide bonds. The molecular formula is C9H7N5S. The molecule has 0 saturated heterocycles. The van der Waals surface area contributed by atoms with E-state index in [4.69, 9.17) is 5.73 Å². The summed E-state index contributed by atoms with van der Waals surface area (Å²) >= 11 is 1.57. The number of nitrogens with two attached hydrogens (primary N) is 1. The molecule has 0 spiro atoms. The Morgan fingerprint density at radius 2 is 2.27 bits per heavy atom. The zero-order valence-electron chi connectivity index (χ0n) is 7.66. The molecule has 2 heterocycles. The number of hydrogen-bond donors (Lipinski definition) is 1. The summed E-state index contributed by atoms with van der Waals surface area (Å²) in [7, 11) is 0. The minimum Gasteiger partial charge on any atom is -0.395 e. The van der Waals surface area contributed by atoms with E-state index in [0.717, 1.165) is 15.9 Å². The molecule has 0 radical (unpaired) electrons. The number of nitrogens with zero attached hydrogens (tertiary/aromatic N) is 4. The van der Waals surface area contributed by atoms with Crippen molar-refractivity contribution in [3.63, 3.8) is 0 Å². The Hall–Kier alpha value is -1.95. The fourth-order valence-corrected chi connectivity index (χ4v) is 2.17. The fraction of sp³-hybridized carbons (Fsp3) is 0. The van der Waals surface area contributed by atoms with Gasteiger partial charge in [0.1, 0.15) is 18.2 Å². The monoisotopic (exact) mass is 217 g/mol. The van der Waals surface area contributed by atoms with Crippen molar-refractivity contribution >= 4 is 27.2 Å². The van der Waals surface area contributed by atoms with E-state index < -0.39 is 0 Å². The summed E-state index contributed by atoms with van der Waals surface area (Å²) in [4.78, 5) is 8.11. The van der Waals surface area contributed by atoms with E-state index in [1.54, 1.807) is 27.9 Å². The van der Waals surface area contributed by atoms with Crippen LogP contribution in [0.3, 0.4) is 0 Å². The maximum Gasteiger partial charge on any atom is 0.138 e. The molecule has 0 unspecified atom stereocenters. The predicted molar refractivity (Wildman–Crippen MR) is 58.9 cm³/mol. The molecule has 2 N–H and O–H groups in total. The van der Waals surface area contributed by atoms with Gasteiger partial charge in [0.2, 0.25) is 0 Å². The van der Waals surface area contributed by atoms with E-state index in [9.17, 15) is 0 Å². The molecule has 5 nitrogen and oxygen atoms in total. The number of hydrogen-bond acceptors (Lipinski definition) is 5. The molecule has 0 saturated carbocycles. The van der Waals surface area contributed by atoms with Gasteiger partial charge in [-0.15, -0.1) is 11.3 Å². The normalized spacial score (nSPS) is 10.9. The van der Waals surface area contributed by atoms with Gasteiger partial charge in [-0.2, -0.15) is 5.10 Å². The van der Waals surface area contributed by atoms with Crippen molar-refractivity contribution in [2.75, 3.05) is 5.73 Å². The summed E-state index contributed by atoms with van der Waals surface area (Å²) in [5.41, 5.74) is 10.1. The number of thiazole rings is 1. The van der Waals surface area contributed by atoms with Crippen molar-refractivity contribution in [1.82, 2.24) is 19.7 Å². The Morgan fingerprint density at radius 3 is 3.07 bits per heavy atom. The van der Waals surface area contributed by atoms with Gasteiger partial charge in [-0.25, -0.2) is 14.6 Å². The summed E-state index contributed by atoms with van der Waals surface area (Å²) in [5.74, 6) is 0. The van der Waals surface area contributed by atoms with Crippen molar-refractivity contribution in [3.05, 3.63) is 30.3 Å². The van der Waals surface area contributed by atoms with Crippen LogP contribution in [0.1, 0.15) is 0 Å². The van der Waals surface area contributed by atoms with Gasteiger partial charge < -0.3 is 5.73 Å². The molecule has 1 aromatic carbocycles. The lowest BCUT2D eigenvalue weighted by molar-refractivity contribution is 0.882. The van der Waals surface area contributed by atoms with Crippen LogP contribution in [-0.2, 0) is 0 Å². The fourth-order valence-electron chi connectivity index (χ4n) is 1.47. The van der Waals surface area contributed by atoms with Crippen molar-refractivity contribution in [2.24, 2.45) is 0 Å². The molecule has 6 heteroatoms. The van der Waals surface area contributed by atoms with Gasteiger partial charge >= 0.3 is 0 Å². The molecule has 0 atom stereocenters. The molecule has 0 aliphatic carbocycles. The summed E-state index contributed by atoms with van der Waals surface area (Å²) < 4.78 is 2.71. The molecule has 0 fully saturated rings. The zero-order valence-corrected chi connectivity index (χ0v) is 8.48. The summed E-state index contributed by atoms with van der Waals surface area (Å²) in [6.45, 7) is 0. The number of aromatic nitrogens is 4. The second kappa shape index (κ2) is 3.03. The average molecular weight is 217 g/mol. The second-order valence-electron chi connectivity index (χ2n) is 3.04. The summed E-state index contributed by atoms with van der Waals surface area (Å²) in [6.07, 6.45) is 3.09. The first-order valence-corrected chi connectivity index (χ1v) is 5.21. The van der Waals surface area contributed by atoms with Crippen LogP contribution in [-0.4, -0.2) is 19.7 Å². The van der Waals surface area contributed by atoms with E-state index in [-0.39, 0.29) is 0 Å². The molecule has 0 aliphatic rings. The van der Waals surface area contributed by atoms with Crippen LogP contribution in [0.2, 0.25) is 0 Å². The van der Waals surface area contributed by atoms with Gasteiger partial charge in [-0.3, -0.25) is 0 Å². The van der Waals surface area contributed by atoms with Gasteiger partial charge in [0, 0.05) is 0 Å². The largest absolute Gasteiger partial charge is 0.395 e. The third-order valence-electron chi connectivity index (χ3n) is 2.18. The van der Waals surface area contributed by atoms with Gasteiger partial charge in [-0.1, -0.05) is 0 Å². The molecular weight excluding hydrogens is 210 g/mol. The van der Waals surface area contributed by atoms with Crippen molar-refractivity contribution < 1.29 is 0 Å². The Labute approximate surface area is 89.2 Å². The smallest absolute Gasteiger partial charge is 0.138 e. The maximum absolute atomic E-state index is 6.01. The van der Waals surface area contributed by atoms with Crippen LogP contribution in [0, 0.1) is 0 Å². The number of nitrogen functional groups attached to an aromatic ring is 1. The lowest BCUT2D eigenvalue weighted by atomic mass is 10.2. The molecule has 3 aromatic rings. The third kappa shape index (κ3) is 1.18. The lowest BCUT2D eigenvalue weighted by Crippen LogP contribution is -2.00. The first kappa shape index (κ1) is 8.37. The molecule has 74 valence electrons. The van der Waals surface area contributed by atoms with Crippen molar-refractivity contribution in [3.8, 4) is 5.69 Å². The van der Waals surface area contributed by atoms with Crippen LogP contribution in [0.4, 0.5) is 5.69 Å². The standard InChI is InChI=1S/C9H7N5S/c10-8-6(14-4-11-3-13-14)1-2-7-9(8)12-5-15-7/h1-5H,10H2. The minimum absolute atomic E-state index is 0.638. The average Bonchev–Trinajstić information content (AvgIpc) is 2.87. The van der Waals surface area contributed by atoms with Crippen LogP contribution in [0.25, 0.3) is 15.9 Å². The highest BCUT2D eigenvalue weighted by atomic mass is 32.1. The van der Waals surface area contributed by atoms with Crippen molar-refractivity contribution in [2.45, 2.75) is 0 Å².